The van der Waals surface area contributed by atoms with Gasteiger partial charge in [0.2, 0.25) is 0 Å². The third-order valence-corrected chi connectivity index (χ3v) is 6.87. The number of carbonyl (C=O) groups excluding carboxylic acids is 1. The Morgan fingerprint density at radius 2 is 2.00 bits per heavy atom. The predicted octanol–water partition coefficient (Wildman–Crippen LogP) is 4.45. The van der Waals surface area contributed by atoms with Gasteiger partial charge in [0, 0.05) is 37.3 Å². The van der Waals surface area contributed by atoms with Crippen molar-refractivity contribution < 1.29 is 9.18 Å². The van der Waals surface area contributed by atoms with Crippen molar-refractivity contribution in [2.75, 3.05) is 6.54 Å². The Kier molecular flexibility index (Phi) is 5.69. The summed E-state index contributed by atoms with van der Waals surface area (Å²) in [7, 11) is 1.92. The van der Waals surface area contributed by atoms with Crippen LogP contribution in [-0.4, -0.2) is 42.1 Å². The molecule has 34 heavy (non-hydrogen) atoms. The minimum atomic E-state index is -0.438. The van der Waals surface area contributed by atoms with Crippen LogP contribution in [0.15, 0.2) is 48.7 Å². The van der Waals surface area contributed by atoms with Crippen LogP contribution in [0, 0.1) is 12.7 Å². The van der Waals surface area contributed by atoms with E-state index in [0.29, 0.717) is 30.9 Å². The first kappa shape index (κ1) is 22.3. The van der Waals surface area contributed by atoms with Gasteiger partial charge in [0.15, 0.2) is 5.69 Å². The molecule has 9 heteroatoms. The van der Waals surface area contributed by atoms with Crippen LogP contribution >= 0.6 is 11.6 Å². The quantitative estimate of drug-likeness (QED) is 0.434. The third kappa shape index (κ3) is 3.68. The molecular weight excluding hydrogens is 455 g/mol. The molecule has 174 valence electrons. The highest BCUT2D eigenvalue weighted by atomic mass is 35.5. The smallest absolute Gasteiger partial charge is 0.276 e. The third-order valence-electron chi connectivity index (χ3n) is 6.57. The zero-order valence-electron chi connectivity index (χ0n) is 19.2. The largest absolute Gasteiger partial charge is 0.332 e. The minimum absolute atomic E-state index is 0.00858. The van der Waals surface area contributed by atoms with Crippen molar-refractivity contribution in [1.82, 2.24) is 29.7 Å². The fourth-order valence-corrected chi connectivity index (χ4v) is 4.91. The van der Waals surface area contributed by atoms with Crippen LogP contribution in [0.25, 0.3) is 5.69 Å². The standard InChI is InChI=1S/C25H24ClFN6O/c1-4-22-24(29-30-33(22)23-10-9-17(27)11-21(23)26)25(34)32-13-16-7-5-6-8-18(16)20(14-32)19-12-28-31(3)15(19)2/h5-12,20H,4,13-14H2,1-3H3. The van der Waals surface area contributed by atoms with E-state index in [-0.39, 0.29) is 22.5 Å². The van der Waals surface area contributed by atoms with Gasteiger partial charge in [-0.3, -0.25) is 9.48 Å². The van der Waals surface area contributed by atoms with Gasteiger partial charge in [0.05, 0.1) is 22.6 Å². The lowest BCUT2D eigenvalue weighted by Crippen LogP contribution is -2.39. The maximum absolute atomic E-state index is 13.7. The summed E-state index contributed by atoms with van der Waals surface area (Å²) in [5.41, 5.74) is 5.88. The van der Waals surface area contributed by atoms with Crippen LogP contribution in [0.5, 0.6) is 0 Å². The molecule has 2 aromatic heterocycles. The molecule has 0 fully saturated rings. The SMILES string of the molecule is CCc1c(C(=O)N2Cc3ccccc3C(c3cnn(C)c3C)C2)nnn1-c1ccc(F)cc1Cl. The van der Waals surface area contributed by atoms with Crippen molar-refractivity contribution in [2.45, 2.75) is 32.7 Å². The van der Waals surface area contributed by atoms with Gasteiger partial charge in [-0.2, -0.15) is 5.10 Å². The fraction of sp³-hybridized carbons (Fsp3) is 0.280. The van der Waals surface area contributed by atoms with Crippen LogP contribution in [0.3, 0.4) is 0 Å². The van der Waals surface area contributed by atoms with Gasteiger partial charge in [-0.25, -0.2) is 9.07 Å². The van der Waals surface area contributed by atoms with E-state index in [4.69, 9.17) is 11.6 Å². The molecule has 0 N–H and O–H groups in total. The predicted molar refractivity (Wildman–Crippen MR) is 127 cm³/mol. The topological polar surface area (TPSA) is 68.8 Å². The molecule has 3 heterocycles. The first-order valence-electron chi connectivity index (χ1n) is 11.1. The lowest BCUT2D eigenvalue weighted by Gasteiger charge is -2.34. The van der Waals surface area contributed by atoms with E-state index in [9.17, 15) is 9.18 Å². The number of halogens is 2. The van der Waals surface area contributed by atoms with E-state index in [1.165, 1.54) is 28.4 Å². The zero-order valence-corrected chi connectivity index (χ0v) is 19.9. The second-order valence-corrected chi connectivity index (χ2v) is 8.90. The molecule has 1 amide bonds. The zero-order chi connectivity index (χ0) is 24.0. The number of rotatable bonds is 4. The molecule has 0 saturated heterocycles. The highest BCUT2D eigenvalue weighted by molar-refractivity contribution is 6.32. The van der Waals surface area contributed by atoms with Gasteiger partial charge >= 0.3 is 0 Å². The molecule has 0 saturated carbocycles. The number of carbonyl (C=O) groups is 1. The lowest BCUT2D eigenvalue weighted by atomic mass is 9.84. The first-order chi connectivity index (χ1) is 16.4. The molecule has 1 aliphatic rings. The highest BCUT2D eigenvalue weighted by Gasteiger charge is 2.33. The van der Waals surface area contributed by atoms with Crippen LogP contribution in [0.4, 0.5) is 4.39 Å². The Labute approximate surface area is 201 Å². The van der Waals surface area contributed by atoms with Gasteiger partial charge in [-0.05, 0) is 42.7 Å². The van der Waals surface area contributed by atoms with Crippen LogP contribution in [-0.2, 0) is 20.0 Å². The normalized spacial score (nSPS) is 15.4. The summed E-state index contributed by atoms with van der Waals surface area (Å²) in [4.78, 5) is 15.6. The van der Waals surface area contributed by atoms with Crippen LogP contribution < -0.4 is 0 Å². The summed E-state index contributed by atoms with van der Waals surface area (Å²) < 4.78 is 16.9. The van der Waals surface area contributed by atoms with Gasteiger partial charge in [-0.15, -0.1) is 5.10 Å². The average molecular weight is 479 g/mol. The van der Waals surface area contributed by atoms with Crippen molar-refractivity contribution in [2.24, 2.45) is 7.05 Å². The molecular formula is C25H24ClFN6O. The minimum Gasteiger partial charge on any atom is -0.332 e. The Balaban J connectivity index is 1.53. The molecule has 0 aliphatic carbocycles. The molecule has 0 radical (unpaired) electrons. The summed E-state index contributed by atoms with van der Waals surface area (Å²) in [6, 6.07) is 12.3. The molecule has 0 bridgehead atoms. The number of hydrogen-bond acceptors (Lipinski definition) is 4. The van der Waals surface area contributed by atoms with Crippen molar-refractivity contribution in [1.29, 1.82) is 0 Å². The second-order valence-electron chi connectivity index (χ2n) is 8.49. The van der Waals surface area contributed by atoms with Gasteiger partial charge in [0.25, 0.3) is 5.91 Å². The molecule has 1 aliphatic heterocycles. The van der Waals surface area contributed by atoms with Crippen molar-refractivity contribution in [3.8, 4) is 5.69 Å². The van der Waals surface area contributed by atoms with E-state index in [1.54, 1.807) is 0 Å². The Morgan fingerprint density at radius 3 is 2.71 bits per heavy atom. The number of benzene rings is 2. The molecule has 0 spiro atoms. The number of aryl methyl sites for hydroxylation is 1. The summed E-state index contributed by atoms with van der Waals surface area (Å²) >= 11 is 6.26. The number of hydrogen-bond donors (Lipinski definition) is 0. The maximum atomic E-state index is 13.7. The van der Waals surface area contributed by atoms with Gasteiger partial charge in [0.1, 0.15) is 5.82 Å². The Hall–Kier alpha value is -3.52. The van der Waals surface area contributed by atoms with E-state index >= 15 is 0 Å². The van der Waals surface area contributed by atoms with E-state index in [1.807, 2.05) is 48.8 Å². The van der Waals surface area contributed by atoms with Crippen molar-refractivity contribution >= 4 is 17.5 Å². The number of aromatic nitrogens is 5. The molecule has 5 rings (SSSR count). The van der Waals surface area contributed by atoms with Gasteiger partial charge < -0.3 is 4.90 Å². The number of amides is 1. The lowest BCUT2D eigenvalue weighted by molar-refractivity contribution is 0.0717. The van der Waals surface area contributed by atoms with Crippen LogP contribution in [0.2, 0.25) is 5.02 Å². The molecule has 2 aromatic carbocycles. The molecule has 7 nitrogen and oxygen atoms in total. The second kappa shape index (κ2) is 8.68. The van der Waals surface area contributed by atoms with Gasteiger partial charge in [-0.1, -0.05) is 48.0 Å². The fourth-order valence-electron chi connectivity index (χ4n) is 4.67. The molecule has 4 aromatic rings. The van der Waals surface area contributed by atoms with Crippen molar-refractivity contribution in [3.05, 3.63) is 93.3 Å². The summed E-state index contributed by atoms with van der Waals surface area (Å²) in [5, 5.41) is 13.1. The van der Waals surface area contributed by atoms with Crippen molar-refractivity contribution in [3.63, 3.8) is 0 Å². The summed E-state index contributed by atoms with van der Waals surface area (Å²) in [6.07, 6.45) is 2.40. The first-order valence-corrected chi connectivity index (χ1v) is 11.5. The van der Waals surface area contributed by atoms with E-state index in [0.717, 1.165) is 16.8 Å². The Bertz CT molecular complexity index is 1390. The number of fused-ring (bicyclic) bond motifs is 1. The maximum Gasteiger partial charge on any atom is 0.276 e. The van der Waals surface area contributed by atoms with E-state index in [2.05, 4.69) is 27.5 Å². The molecule has 1 unspecified atom stereocenters. The average Bonchev–Trinajstić information content (AvgIpc) is 3.41. The highest BCUT2D eigenvalue weighted by Crippen LogP contribution is 2.35. The number of nitrogens with zero attached hydrogens (tertiary/aromatic N) is 6. The Morgan fingerprint density at radius 1 is 1.21 bits per heavy atom. The summed E-state index contributed by atoms with van der Waals surface area (Å²) in [5.74, 6) is -0.622. The summed E-state index contributed by atoms with van der Waals surface area (Å²) in [6.45, 7) is 4.96. The molecule has 1 atom stereocenters. The monoisotopic (exact) mass is 478 g/mol. The van der Waals surface area contributed by atoms with E-state index < -0.39 is 5.82 Å². The van der Waals surface area contributed by atoms with Crippen LogP contribution in [0.1, 0.15) is 51.4 Å².